The molecule has 0 aromatic heterocycles. The van der Waals surface area contributed by atoms with Crippen LogP contribution in [0.15, 0.2) is 83.8 Å². The number of carbonyl (C=O) groups is 2. The Kier molecular flexibility index (Phi) is 10.5. The maximum atomic E-state index is 14.0. The Morgan fingerprint density at radius 1 is 0.897 bits per heavy atom. The van der Waals surface area contributed by atoms with Crippen molar-refractivity contribution in [2.75, 3.05) is 10.8 Å². The van der Waals surface area contributed by atoms with Crippen molar-refractivity contribution in [1.29, 1.82) is 0 Å². The van der Waals surface area contributed by atoms with Crippen molar-refractivity contribution in [2.24, 2.45) is 0 Å². The monoisotopic (exact) mass is 569 g/mol. The van der Waals surface area contributed by atoms with Gasteiger partial charge in [0, 0.05) is 17.6 Å². The number of aryl methyl sites for hydroxylation is 1. The lowest BCUT2D eigenvalue weighted by atomic mass is 10.1. The smallest absolute Gasteiger partial charge is 0.264 e. The van der Waals surface area contributed by atoms with Crippen LogP contribution in [0.2, 0.25) is 5.02 Å². The predicted octanol–water partition coefficient (Wildman–Crippen LogP) is 5.57. The zero-order valence-corrected chi connectivity index (χ0v) is 24.4. The van der Waals surface area contributed by atoms with Crippen LogP contribution >= 0.6 is 11.6 Å². The molecular formula is C30H36ClN3O4S. The fraction of sp³-hybridized carbons (Fsp3) is 0.333. The van der Waals surface area contributed by atoms with Gasteiger partial charge in [0.15, 0.2) is 0 Å². The normalized spacial score (nSPS) is 12.8. The number of carbonyl (C=O) groups excluding carboxylic acids is 2. The number of hydrogen-bond acceptors (Lipinski definition) is 4. The molecule has 0 saturated carbocycles. The molecule has 0 heterocycles. The van der Waals surface area contributed by atoms with Gasteiger partial charge in [0.05, 0.1) is 10.6 Å². The molecule has 0 bridgehead atoms. The van der Waals surface area contributed by atoms with Crippen molar-refractivity contribution in [1.82, 2.24) is 10.2 Å². The Bertz CT molecular complexity index is 1350. The second-order valence-corrected chi connectivity index (χ2v) is 11.8. The molecule has 2 atom stereocenters. The third-order valence-corrected chi connectivity index (χ3v) is 8.63. The van der Waals surface area contributed by atoms with Crippen LogP contribution < -0.4 is 9.62 Å². The fourth-order valence-electron chi connectivity index (χ4n) is 4.11. The van der Waals surface area contributed by atoms with Crippen LogP contribution in [-0.2, 0) is 26.2 Å². The molecule has 0 spiro atoms. The van der Waals surface area contributed by atoms with Crippen LogP contribution in [-0.4, -0.2) is 43.8 Å². The van der Waals surface area contributed by atoms with Gasteiger partial charge < -0.3 is 10.2 Å². The molecule has 3 aromatic rings. The second kappa shape index (κ2) is 13.6. The summed E-state index contributed by atoms with van der Waals surface area (Å²) in [5, 5.41) is 3.42. The zero-order valence-electron chi connectivity index (χ0n) is 22.8. The molecule has 0 unspecified atom stereocenters. The minimum atomic E-state index is -4.12. The Morgan fingerprint density at radius 3 is 2.08 bits per heavy atom. The Balaban J connectivity index is 2.04. The van der Waals surface area contributed by atoms with Crippen LogP contribution in [0, 0.1) is 6.92 Å². The van der Waals surface area contributed by atoms with Crippen LogP contribution in [0.25, 0.3) is 0 Å². The van der Waals surface area contributed by atoms with Crippen LogP contribution in [0.4, 0.5) is 5.69 Å². The van der Waals surface area contributed by atoms with E-state index >= 15 is 0 Å². The number of sulfonamides is 1. The number of nitrogens with one attached hydrogen (secondary N) is 1. The third kappa shape index (κ3) is 7.83. The fourth-order valence-corrected chi connectivity index (χ4v) is 5.65. The molecule has 3 rings (SSSR count). The summed E-state index contributed by atoms with van der Waals surface area (Å²) in [4.78, 5) is 28.8. The van der Waals surface area contributed by atoms with Gasteiger partial charge in [-0.1, -0.05) is 73.5 Å². The Morgan fingerprint density at radius 2 is 1.51 bits per heavy atom. The van der Waals surface area contributed by atoms with Crippen LogP contribution in [0.3, 0.4) is 0 Å². The highest BCUT2D eigenvalue weighted by molar-refractivity contribution is 7.92. The standard InChI is InChI=1S/C30H36ClN3O4S/c1-5-23(4)32-30(36)28(6-2)33(20-24-10-8-7-9-11-24)29(35)21-34(26-16-14-25(31)15-17-26)39(37,38)27-18-12-22(3)13-19-27/h7-19,23,28H,5-6,20-21H2,1-4H3,(H,32,36)/t23-,28+/m0/s1. The van der Waals surface area contributed by atoms with Crippen molar-refractivity contribution >= 4 is 39.1 Å². The SMILES string of the molecule is CC[C@H](C(=O)N[C@@H](C)CC)N(Cc1ccccc1)C(=O)CN(c1ccc(Cl)cc1)S(=O)(=O)c1ccc(C)cc1. The van der Waals surface area contributed by atoms with Gasteiger partial charge >= 0.3 is 0 Å². The molecule has 0 saturated heterocycles. The van der Waals surface area contributed by atoms with E-state index in [9.17, 15) is 18.0 Å². The van der Waals surface area contributed by atoms with Gasteiger partial charge in [0.25, 0.3) is 10.0 Å². The van der Waals surface area contributed by atoms with Crippen molar-refractivity contribution in [2.45, 2.75) is 64.1 Å². The van der Waals surface area contributed by atoms with Crippen molar-refractivity contribution in [3.63, 3.8) is 0 Å². The number of rotatable bonds is 12. The summed E-state index contributed by atoms with van der Waals surface area (Å²) in [6.07, 6.45) is 1.11. The summed E-state index contributed by atoms with van der Waals surface area (Å²) in [5.41, 5.74) is 2.04. The molecule has 0 aliphatic rings. The molecule has 3 aromatic carbocycles. The largest absolute Gasteiger partial charge is 0.352 e. The minimum absolute atomic E-state index is 0.0621. The van der Waals surface area contributed by atoms with E-state index in [0.717, 1.165) is 21.9 Å². The van der Waals surface area contributed by atoms with Gasteiger partial charge in [0.1, 0.15) is 12.6 Å². The molecular weight excluding hydrogens is 534 g/mol. The minimum Gasteiger partial charge on any atom is -0.352 e. The van der Waals surface area contributed by atoms with Gasteiger partial charge in [-0.15, -0.1) is 0 Å². The summed E-state index contributed by atoms with van der Waals surface area (Å²) >= 11 is 6.07. The topological polar surface area (TPSA) is 86.8 Å². The van der Waals surface area contributed by atoms with E-state index in [1.807, 2.05) is 58.0 Å². The van der Waals surface area contributed by atoms with Gasteiger partial charge in [-0.2, -0.15) is 0 Å². The average Bonchev–Trinajstić information content (AvgIpc) is 2.92. The lowest BCUT2D eigenvalue weighted by Crippen LogP contribution is -2.53. The highest BCUT2D eigenvalue weighted by Crippen LogP contribution is 2.26. The summed E-state index contributed by atoms with van der Waals surface area (Å²) in [6.45, 7) is 7.26. The maximum absolute atomic E-state index is 14.0. The first-order valence-electron chi connectivity index (χ1n) is 13.1. The first-order chi connectivity index (χ1) is 18.6. The van der Waals surface area contributed by atoms with Gasteiger partial charge in [-0.3, -0.25) is 13.9 Å². The summed E-state index contributed by atoms with van der Waals surface area (Å²) < 4.78 is 28.8. The zero-order chi connectivity index (χ0) is 28.6. The predicted molar refractivity (Wildman–Crippen MR) is 156 cm³/mol. The van der Waals surface area contributed by atoms with E-state index in [-0.39, 0.29) is 23.4 Å². The van der Waals surface area contributed by atoms with Crippen molar-refractivity contribution in [3.05, 3.63) is 95.0 Å². The molecule has 0 fully saturated rings. The number of halogens is 1. The molecule has 0 aliphatic heterocycles. The maximum Gasteiger partial charge on any atom is 0.264 e. The molecule has 0 aliphatic carbocycles. The quantitative estimate of drug-likeness (QED) is 0.309. The van der Waals surface area contributed by atoms with E-state index in [1.54, 1.807) is 36.4 Å². The number of anilines is 1. The highest BCUT2D eigenvalue weighted by atomic mass is 35.5. The average molecular weight is 570 g/mol. The summed E-state index contributed by atoms with van der Waals surface area (Å²) in [6, 6.07) is 21.3. The van der Waals surface area contributed by atoms with E-state index in [2.05, 4.69) is 5.32 Å². The van der Waals surface area contributed by atoms with E-state index < -0.39 is 28.5 Å². The Hall–Kier alpha value is -3.36. The molecule has 7 nitrogen and oxygen atoms in total. The van der Waals surface area contributed by atoms with Gasteiger partial charge in [-0.25, -0.2) is 8.42 Å². The van der Waals surface area contributed by atoms with E-state index in [4.69, 9.17) is 11.6 Å². The first kappa shape index (κ1) is 30.2. The van der Waals surface area contributed by atoms with Crippen molar-refractivity contribution < 1.29 is 18.0 Å². The van der Waals surface area contributed by atoms with Crippen LogP contribution in [0.1, 0.15) is 44.7 Å². The van der Waals surface area contributed by atoms with E-state index in [1.165, 1.54) is 17.0 Å². The molecule has 0 radical (unpaired) electrons. The summed E-state index contributed by atoms with van der Waals surface area (Å²) in [5.74, 6) is -0.758. The van der Waals surface area contributed by atoms with Crippen LogP contribution in [0.5, 0.6) is 0 Å². The molecule has 1 N–H and O–H groups in total. The second-order valence-electron chi connectivity index (χ2n) is 9.55. The first-order valence-corrected chi connectivity index (χ1v) is 14.9. The Labute approximate surface area is 236 Å². The molecule has 39 heavy (non-hydrogen) atoms. The number of nitrogens with zero attached hydrogens (tertiary/aromatic N) is 2. The van der Waals surface area contributed by atoms with Gasteiger partial charge in [0.2, 0.25) is 11.8 Å². The summed E-state index contributed by atoms with van der Waals surface area (Å²) in [7, 11) is -4.12. The van der Waals surface area contributed by atoms with Gasteiger partial charge in [-0.05, 0) is 68.7 Å². The molecule has 2 amide bonds. The highest BCUT2D eigenvalue weighted by Gasteiger charge is 2.34. The van der Waals surface area contributed by atoms with Crippen molar-refractivity contribution in [3.8, 4) is 0 Å². The third-order valence-electron chi connectivity index (χ3n) is 6.59. The number of hydrogen-bond donors (Lipinski definition) is 1. The molecule has 208 valence electrons. The van der Waals surface area contributed by atoms with E-state index in [0.29, 0.717) is 17.1 Å². The molecule has 9 heteroatoms. The lowest BCUT2D eigenvalue weighted by molar-refractivity contribution is -0.140. The lowest BCUT2D eigenvalue weighted by Gasteiger charge is -2.33. The number of amides is 2. The number of benzene rings is 3.